The van der Waals surface area contributed by atoms with Crippen molar-refractivity contribution < 1.29 is 9.53 Å². The number of nitrogens with one attached hydrogen (secondary N) is 2. The van der Waals surface area contributed by atoms with Gasteiger partial charge in [-0.15, -0.1) is 0 Å². The number of ether oxygens (including phenoxy) is 1. The van der Waals surface area contributed by atoms with Gasteiger partial charge < -0.3 is 4.74 Å². The molecule has 0 aromatic carbocycles. The third kappa shape index (κ3) is 1.47. The molecule has 1 saturated heterocycles. The first-order valence-electron chi connectivity index (χ1n) is 4.67. The van der Waals surface area contributed by atoms with Gasteiger partial charge in [0.1, 0.15) is 6.04 Å². The Morgan fingerprint density at radius 3 is 3.23 bits per heavy atom. The van der Waals surface area contributed by atoms with Crippen molar-refractivity contribution in [3.05, 3.63) is 12.2 Å². The normalized spacial score (nSPS) is 36.2. The molecule has 2 aliphatic rings. The molecule has 0 unspecified atom stereocenters. The van der Waals surface area contributed by atoms with Gasteiger partial charge in [0.15, 0.2) is 0 Å². The Morgan fingerprint density at radius 2 is 2.46 bits per heavy atom. The zero-order valence-electron chi connectivity index (χ0n) is 7.62. The van der Waals surface area contributed by atoms with Crippen molar-refractivity contribution in [3.63, 3.8) is 0 Å². The molecule has 0 spiro atoms. The van der Waals surface area contributed by atoms with E-state index < -0.39 is 0 Å². The smallest absolute Gasteiger partial charge is 0.324 e. The maximum absolute atomic E-state index is 11.4. The average molecular weight is 182 g/mol. The van der Waals surface area contributed by atoms with Crippen molar-refractivity contribution in [2.24, 2.45) is 5.92 Å². The Labute approximate surface area is 77.3 Å². The number of fused-ring (bicyclic) bond motifs is 1. The van der Waals surface area contributed by atoms with Crippen LogP contribution in [0.2, 0.25) is 0 Å². The van der Waals surface area contributed by atoms with Crippen molar-refractivity contribution >= 4 is 5.97 Å². The van der Waals surface area contributed by atoms with Crippen molar-refractivity contribution in [1.29, 1.82) is 0 Å². The summed E-state index contributed by atoms with van der Waals surface area (Å²) < 4.78 is 4.96. The van der Waals surface area contributed by atoms with Crippen LogP contribution in [0.3, 0.4) is 0 Å². The maximum Gasteiger partial charge on any atom is 0.324 e. The van der Waals surface area contributed by atoms with Crippen LogP contribution < -0.4 is 10.9 Å². The molecule has 1 aliphatic carbocycles. The van der Waals surface area contributed by atoms with E-state index in [2.05, 4.69) is 23.0 Å². The predicted octanol–water partition coefficient (Wildman–Crippen LogP) is -0.0294. The van der Waals surface area contributed by atoms with E-state index in [1.807, 2.05) is 6.92 Å². The lowest BCUT2D eigenvalue weighted by molar-refractivity contribution is -0.146. The Morgan fingerprint density at radius 1 is 1.62 bits per heavy atom. The minimum atomic E-state index is -0.181. The number of hydrogen-bond donors (Lipinski definition) is 2. The highest BCUT2D eigenvalue weighted by atomic mass is 16.5. The summed E-state index contributed by atoms with van der Waals surface area (Å²) in [4.78, 5) is 11.4. The summed E-state index contributed by atoms with van der Waals surface area (Å²) in [6, 6.07) is 0.120. The molecule has 0 amide bonds. The van der Waals surface area contributed by atoms with Crippen LogP contribution in [-0.4, -0.2) is 24.7 Å². The predicted molar refractivity (Wildman–Crippen MR) is 47.7 cm³/mol. The molecule has 0 saturated carbocycles. The first-order chi connectivity index (χ1) is 6.33. The van der Waals surface area contributed by atoms with Gasteiger partial charge in [0, 0.05) is 12.0 Å². The third-order valence-corrected chi connectivity index (χ3v) is 2.59. The Balaban J connectivity index is 1.98. The van der Waals surface area contributed by atoms with E-state index >= 15 is 0 Å². The highest BCUT2D eigenvalue weighted by Gasteiger charge is 2.40. The molecule has 1 aliphatic heterocycles. The van der Waals surface area contributed by atoms with E-state index in [1.54, 1.807) is 0 Å². The van der Waals surface area contributed by atoms with Gasteiger partial charge in [-0.25, -0.2) is 10.9 Å². The molecule has 4 nitrogen and oxygen atoms in total. The first kappa shape index (κ1) is 8.72. The highest BCUT2D eigenvalue weighted by Crippen LogP contribution is 2.26. The zero-order valence-corrected chi connectivity index (χ0v) is 7.62. The van der Waals surface area contributed by atoms with E-state index in [4.69, 9.17) is 4.74 Å². The second-order valence-electron chi connectivity index (χ2n) is 3.37. The van der Waals surface area contributed by atoms with Crippen LogP contribution in [0.4, 0.5) is 0 Å². The van der Waals surface area contributed by atoms with Crippen molar-refractivity contribution in [2.45, 2.75) is 25.4 Å². The number of allylic oxidation sites excluding steroid dienone is 1. The lowest BCUT2D eigenvalue weighted by atomic mass is 9.97. The van der Waals surface area contributed by atoms with Crippen molar-refractivity contribution in [3.8, 4) is 0 Å². The van der Waals surface area contributed by atoms with Crippen LogP contribution in [0, 0.1) is 5.92 Å². The van der Waals surface area contributed by atoms with E-state index in [9.17, 15) is 4.79 Å². The van der Waals surface area contributed by atoms with Crippen LogP contribution in [-0.2, 0) is 9.53 Å². The maximum atomic E-state index is 11.4. The van der Waals surface area contributed by atoms with Gasteiger partial charge in [-0.05, 0) is 13.3 Å². The molecule has 13 heavy (non-hydrogen) atoms. The summed E-state index contributed by atoms with van der Waals surface area (Å²) in [6.45, 7) is 2.27. The molecular formula is C9H14N2O2. The minimum absolute atomic E-state index is 0.147. The van der Waals surface area contributed by atoms with Crippen molar-refractivity contribution in [2.75, 3.05) is 6.61 Å². The summed E-state index contributed by atoms with van der Waals surface area (Å²) in [5.41, 5.74) is 6.04. The first-order valence-corrected chi connectivity index (χ1v) is 4.67. The van der Waals surface area contributed by atoms with E-state index in [1.165, 1.54) is 0 Å². The average Bonchev–Trinajstić information content (AvgIpc) is 2.62. The van der Waals surface area contributed by atoms with E-state index in [-0.39, 0.29) is 12.0 Å². The molecule has 1 fully saturated rings. The fourth-order valence-corrected chi connectivity index (χ4v) is 1.93. The summed E-state index contributed by atoms with van der Waals surface area (Å²) >= 11 is 0. The molecule has 0 aromatic rings. The largest absolute Gasteiger partial charge is 0.465 e. The lowest BCUT2D eigenvalue weighted by Crippen LogP contribution is -2.40. The van der Waals surface area contributed by atoms with Crippen LogP contribution in [0.25, 0.3) is 0 Å². The Kier molecular flexibility index (Phi) is 2.33. The van der Waals surface area contributed by atoms with Crippen LogP contribution in [0.15, 0.2) is 12.2 Å². The molecule has 0 bridgehead atoms. The molecular weight excluding hydrogens is 168 g/mol. The van der Waals surface area contributed by atoms with Gasteiger partial charge in [-0.2, -0.15) is 0 Å². The molecule has 2 rings (SSSR count). The SMILES string of the molecule is CCOC(=O)[C@@H]1NN[C@@H]2C=CC[C@@H]21. The number of carbonyl (C=O) groups is 1. The summed E-state index contributed by atoms with van der Waals surface area (Å²) in [5.74, 6) is 0.185. The quantitative estimate of drug-likeness (QED) is 0.465. The van der Waals surface area contributed by atoms with Gasteiger partial charge in [-0.1, -0.05) is 12.2 Å². The van der Waals surface area contributed by atoms with Crippen LogP contribution >= 0.6 is 0 Å². The van der Waals surface area contributed by atoms with Crippen LogP contribution in [0.1, 0.15) is 13.3 Å². The number of hydrazine groups is 1. The fourth-order valence-electron chi connectivity index (χ4n) is 1.93. The minimum Gasteiger partial charge on any atom is -0.465 e. The van der Waals surface area contributed by atoms with Crippen LogP contribution in [0.5, 0.6) is 0 Å². The fraction of sp³-hybridized carbons (Fsp3) is 0.667. The second kappa shape index (κ2) is 3.47. The third-order valence-electron chi connectivity index (χ3n) is 2.59. The molecule has 2 N–H and O–H groups in total. The second-order valence-corrected chi connectivity index (χ2v) is 3.37. The summed E-state index contributed by atoms with van der Waals surface area (Å²) in [7, 11) is 0. The van der Waals surface area contributed by atoms with E-state index in [0.717, 1.165) is 6.42 Å². The van der Waals surface area contributed by atoms with E-state index in [0.29, 0.717) is 18.6 Å². The van der Waals surface area contributed by atoms with Gasteiger partial charge in [0.05, 0.1) is 6.61 Å². The molecule has 0 aromatic heterocycles. The Hall–Kier alpha value is -0.870. The number of rotatable bonds is 2. The monoisotopic (exact) mass is 182 g/mol. The number of hydrogen-bond acceptors (Lipinski definition) is 4. The van der Waals surface area contributed by atoms with Gasteiger partial charge in [-0.3, -0.25) is 4.79 Å². The van der Waals surface area contributed by atoms with Gasteiger partial charge in [0.2, 0.25) is 0 Å². The molecule has 0 radical (unpaired) electrons. The standard InChI is InChI=1S/C9H14N2O2/c1-2-13-9(12)8-6-4-3-5-7(6)10-11-8/h3,5-8,10-11H,2,4H2,1H3/t6-,7+,8+/m0/s1. The summed E-state index contributed by atoms with van der Waals surface area (Å²) in [6.07, 6.45) is 5.15. The number of carbonyl (C=O) groups excluding carboxylic acids is 1. The lowest BCUT2D eigenvalue weighted by Gasteiger charge is -2.14. The summed E-state index contributed by atoms with van der Waals surface area (Å²) in [5, 5.41) is 0. The topological polar surface area (TPSA) is 50.4 Å². The van der Waals surface area contributed by atoms with Gasteiger partial charge in [0.25, 0.3) is 0 Å². The molecule has 1 heterocycles. The van der Waals surface area contributed by atoms with Crippen molar-refractivity contribution in [1.82, 2.24) is 10.9 Å². The molecule has 72 valence electrons. The highest BCUT2D eigenvalue weighted by molar-refractivity contribution is 5.77. The zero-order chi connectivity index (χ0) is 9.26. The molecule has 4 heteroatoms. The Bertz CT molecular complexity index is 240. The molecule has 3 atom stereocenters. The number of esters is 1. The van der Waals surface area contributed by atoms with Gasteiger partial charge >= 0.3 is 5.97 Å².